The minimum absolute atomic E-state index is 0.0643. The van der Waals surface area contributed by atoms with Crippen molar-refractivity contribution in [3.8, 4) is 5.75 Å². The molecule has 0 radical (unpaired) electrons. The van der Waals surface area contributed by atoms with Gasteiger partial charge in [0.15, 0.2) is 0 Å². The van der Waals surface area contributed by atoms with Gasteiger partial charge in [-0.1, -0.05) is 18.5 Å². The lowest BCUT2D eigenvalue weighted by atomic mass is 10.0. The molecule has 1 amide bonds. The molecule has 1 heterocycles. The zero-order valence-corrected chi connectivity index (χ0v) is 18.8. The maximum atomic E-state index is 13.0. The normalized spacial score (nSPS) is 17.3. The number of ether oxygens (including phenoxy) is 1. The maximum Gasteiger partial charge on any atom is 0.263 e. The van der Waals surface area contributed by atoms with Crippen molar-refractivity contribution in [2.75, 3.05) is 24.4 Å². The Kier molecular flexibility index (Phi) is 7.26. The first-order valence-electron chi connectivity index (χ1n) is 10.1. The topological polar surface area (TPSA) is 75.7 Å². The zero-order valence-electron chi connectivity index (χ0n) is 17.2. The van der Waals surface area contributed by atoms with Crippen LogP contribution in [0.1, 0.15) is 43.5 Å². The summed E-state index contributed by atoms with van der Waals surface area (Å²) in [5, 5.41) is 0.0643. The van der Waals surface area contributed by atoms with Crippen molar-refractivity contribution in [1.29, 1.82) is 0 Å². The van der Waals surface area contributed by atoms with Crippen LogP contribution in [0.3, 0.4) is 0 Å². The third-order valence-electron chi connectivity index (χ3n) is 5.19. The summed E-state index contributed by atoms with van der Waals surface area (Å²) in [4.78, 5) is 14.6. The molecule has 0 spiro atoms. The molecule has 1 fully saturated rings. The van der Waals surface area contributed by atoms with E-state index < -0.39 is 10.0 Å². The number of halogens is 1. The van der Waals surface area contributed by atoms with Gasteiger partial charge in [0.1, 0.15) is 10.6 Å². The molecule has 0 bridgehead atoms. The Labute approximate surface area is 183 Å². The van der Waals surface area contributed by atoms with Crippen LogP contribution >= 0.6 is 11.6 Å². The molecule has 1 unspecified atom stereocenters. The highest BCUT2D eigenvalue weighted by molar-refractivity contribution is 7.92. The number of sulfonamides is 1. The number of carbonyl (C=O) groups is 1. The Morgan fingerprint density at radius 3 is 2.60 bits per heavy atom. The molecule has 0 aromatic heterocycles. The SMILES string of the molecule is CCOc1ccc(NS(=O)(=O)c2cc(C(=O)N3CCCC(C)CC3)ccc2Cl)cc1. The van der Waals surface area contributed by atoms with Crippen LogP contribution in [0, 0.1) is 5.92 Å². The molecule has 2 aromatic carbocycles. The largest absolute Gasteiger partial charge is 0.494 e. The molecule has 6 nitrogen and oxygen atoms in total. The fraction of sp³-hybridized carbons (Fsp3) is 0.409. The second-order valence-electron chi connectivity index (χ2n) is 7.54. The van der Waals surface area contributed by atoms with Gasteiger partial charge in [-0.15, -0.1) is 0 Å². The first-order chi connectivity index (χ1) is 14.3. The molecule has 1 atom stereocenters. The van der Waals surface area contributed by atoms with Crippen LogP contribution in [0.5, 0.6) is 5.75 Å². The van der Waals surface area contributed by atoms with E-state index in [0.29, 0.717) is 42.6 Å². The minimum Gasteiger partial charge on any atom is -0.494 e. The van der Waals surface area contributed by atoms with Gasteiger partial charge in [0.25, 0.3) is 15.9 Å². The number of benzene rings is 2. The summed E-state index contributed by atoms with van der Waals surface area (Å²) in [6.45, 7) is 5.94. The molecule has 0 aliphatic carbocycles. The smallest absolute Gasteiger partial charge is 0.263 e. The molecule has 1 N–H and O–H groups in total. The predicted molar refractivity (Wildman–Crippen MR) is 119 cm³/mol. The van der Waals surface area contributed by atoms with Crippen LogP contribution < -0.4 is 9.46 Å². The number of nitrogens with one attached hydrogen (secondary N) is 1. The summed E-state index contributed by atoms with van der Waals surface area (Å²) < 4.78 is 33.7. The van der Waals surface area contributed by atoms with Crippen molar-refractivity contribution < 1.29 is 17.9 Å². The van der Waals surface area contributed by atoms with Gasteiger partial charge in [0.2, 0.25) is 0 Å². The average molecular weight is 451 g/mol. The van der Waals surface area contributed by atoms with E-state index in [1.807, 2.05) is 6.92 Å². The monoisotopic (exact) mass is 450 g/mol. The number of anilines is 1. The van der Waals surface area contributed by atoms with E-state index in [1.165, 1.54) is 12.1 Å². The van der Waals surface area contributed by atoms with E-state index in [0.717, 1.165) is 19.3 Å². The summed E-state index contributed by atoms with van der Waals surface area (Å²) >= 11 is 6.19. The van der Waals surface area contributed by atoms with Gasteiger partial charge in [0, 0.05) is 24.3 Å². The Morgan fingerprint density at radius 2 is 1.90 bits per heavy atom. The van der Waals surface area contributed by atoms with Gasteiger partial charge in [-0.3, -0.25) is 9.52 Å². The molecule has 3 rings (SSSR count). The van der Waals surface area contributed by atoms with Crippen molar-refractivity contribution in [2.24, 2.45) is 5.92 Å². The van der Waals surface area contributed by atoms with E-state index in [2.05, 4.69) is 11.6 Å². The highest BCUT2D eigenvalue weighted by atomic mass is 35.5. The lowest BCUT2D eigenvalue weighted by molar-refractivity contribution is 0.0760. The predicted octanol–water partition coefficient (Wildman–Crippen LogP) is 4.80. The van der Waals surface area contributed by atoms with Crippen molar-refractivity contribution in [1.82, 2.24) is 4.90 Å². The molecule has 1 aliphatic rings. The summed E-state index contributed by atoms with van der Waals surface area (Å²) in [6.07, 6.45) is 2.99. The Bertz CT molecular complexity index is 993. The van der Waals surface area contributed by atoms with Crippen LogP contribution in [0.15, 0.2) is 47.4 Å². The zero-order chi connectivity index (χ0) is 21.7. The summed E-state index contributed by atoms with van der Waals surface area (Å²) in [6, 6.07) is 11.0. The van der Waals surface area contributed by atoms with Crippen LogP contribution in [0.4, 0.5) is 5.69 Å². The third-order valence-corrected chi connectivity index (χ3v) is 7.05. The summed E-state index contributed by atoms with van der Waals surface area (Å²) in [5.74, 6) is 1.07. The molecule has 1 aliphatic heterocycles. The van der Waals surface area contributed by atoms with Gasteiger partial charge < -0.3 is 9.64 Å². The van der Waals surface area contributed by atoms with Crippen molar-refractivity contribution in [3.63, 3.8) is 0 Å². The number of carbonyl (C=O) groups excluding carboxylic acids is 1. The third kappa shape index (κ3) is 5.46. The molecule has 2 aromatic rings. The van der Waals surface area contributed by atoms with Gasteiger partial charge in [-0.05, 0) is 74.6 Å². The molecule has 30 heavy (non-hydrogen) atoms. The van der Waals surface area contributed by atoms with Crippen molar-refractivity contribution >= 4 is 33.2 Å². The van der Waals surface area contributed by atoms with Gasteiger partial charge in [-0.2, -0.15) is 0 Å². The maximum absolute atomic E-state index is 13.0. The van der Waals surface area contributed by atoms with E-state index in [4.69, 9.17) is 16.3 Å². The highest BCUT2D eigenvalue weighted by Gasteiger charge is 2.24. The number of hydrogen-bond acceptors (Lipinski definition) is 4. The van der Waals surface area contributed by atoms with Crippen LogP contribution in [-0.4, -0.2) is 38.9 Å². The lowest BCUT2D eigenvalue weighted by Gasteiger charge is -2.21. The summed E-state index contributed by atoms with van der Waals surface area (Å²) in [5.41, 5.74) is 0.703. The second kappa shape index (κ2) is 9.71. The number of likely N-dealkylation sites (tertiary alicyclic amines) is 1. The van der Waals surface area contributed by atoms with E-state index >= 15 is 0 Å². The molecule has 0 saturated carbocycles. The van der Waals surface area contributed by atoms with Crippen LogP contribution in [-0.2, 0) is 10.0 Å². The number of rotatable bonds is 6. The fourth-order valence-electron chi connectivity index (χ4n) is 3.49. The van der Waals surface area contributed by atoms with Gasteiger partial charge in [0.05, 0.1) is 11.6 Å². The lowest BCUT2D eigenvalue weighted by Crippen LogP contribution is -2.32. The van der Waals surface area contributed by atoms with Crippen LogP contribution in [0.2, 0.25) is 5.02 Å². The average Bonchev–Trinajstić information content (AvgIpc) is 2.93. The van der Waals surface area contributed by atoms with E-state index in [9.17, 15) is 13.2 Å². The van der Waals surface area contributed by atoms with Crippen molar-refractivity contribution in [3.05, 3.63) is 53.1 Å². The Hall–Kier alpha value is -2.25. The standard InChI is InChI=1S/C22H27ClN2O4S/c1-3-29-19-9-7-18(8-10-19)24-30(27,28)21-15-17(6-11-20(21)23)22(26)25-13-4-5-16(2)12-14-25/h6-11,15-16,24H,3-5,12-14H2,1-2H3. The van der Waals surface area contributed by atoms with Gasteiger partial charge in [-0.25, -0.2) is 8.42 Å². The fourth-order valence-corrected chi connectivity index (χ4v) is 5.07. The van der Waals surface area contributed by atoms with E-state index in [-0.39, 0.29) is 15.8 Å². The van der Waals surface area contributed by atoms with E-state index in [1.54, 1.807) is 35.2 Å². The van der Waals surface area contributed by atoms with Crippen LogP contribution in [0.25, 0.3) is 0 Å². The quantitative estimate of drug-likeness (QED) is 0.685. The first-order valence-corrected chi connectivity index (χ1v) is 12.0. The number of amides is 1. The molecular formula is C22H27ClN2O4S. The Morgan fingerprint density at radius 1 is 1.17 bits per heavy atom. The number of nitrogens with zero attached hydrogens (tertiary/aromatic N) is 1. The molecule has 1 saturated heterocycles. The number of hydrogen-bond donors (Lipinski definition) is 1. The molecule has 162 valence electrons. The second-order valence-corrected chi connectivity index (χ2v) is 9.59. The highest BCUT2D eigenvalue weighted by Crippen LogP contribution is 2.27. The van der Waals surface area contributed by atoms with Crippen molar-refractivity contribution in [2.45, 2.75) is 38.0 Å². The minimum atomic E-state index is -3.97. The first kappa shape index (κ1) is 22.4. The Balaban J connectivity index is 1.81. The molecular weight excluding hydrogens is 424 g/mol. The van der Waals surface area contributed by atoms with Gasteiger partial charge >= 0.3 is 0 Å². The molecule has 8 heteroatoms. The summed E-state index contributed by atoms with van der Waals surface area (Å²) in [7, 11) is -3.97.